The Morgan fingerprint density at radius 3 is 2.45 bits per heavy atom. The summed E-state index contributed by atoms with van der Waals surface area (Å²) in [5.74, 6) is -0.831. The van der Waals surface area contributed by atoms with Gasteiger partial charge in [-0.25, -0.2) is 0 Å². The van der Waals surface area contributed by atoms with Crippen LogP contribution < -0.4 is 5.32 Å². The summed E-state index contributed by atoms with van der Waals surface area (Å²) in [7, 11) is 1.41. The van der Waals surface area contributed by atoms with Crippen molar-refractivity contribution in [3.05, 3.63) is 77.0 Å². The number of hydrogen-bond donors (Lipinski definition) is 1. The molecular weight excluding hydrogens is 383 g/mol. The van der Waals surface area contributed by atoms with Gasteiger partial charge in [0.2, 0.25) is 0 Å². The molecule has 1 unspecified atom stereocenters. The lowest BCUT2D eigenvalue weighted by Crippen LogP contribution is -2.49. The molecule has 2 aromatic carbocycles. The fraction of sp³-hybridized carbons (Fsp3) is 0.286. The van der Waals surface area contributed by atoms with E-state index >= 15 is 0 Å². The molecule has 0 aromatic heterocycles. The predicted octanol–water partition coefficient (Wildman–Crippen LogP) is 4.35. The summed E-state index contributed by atoms with van der Waals surface area (Å²) >= 11 is 0. The third kappa shape index (κ3) is 4.78. The van der Waals surface area contributed by atoms with Crippen LogP contribution in [0.15, 0.2) is 60.3 Å². The van der Waals surface area contributed by atoms with E-state index in [1.54, 1.807) is 30.3 Å². The monoisotopic (exact) mass is 405 g/mol. The maximum Gasteiger partial charge on any atom is 0.412 e. The lowest BCUT2D eigenvalue weighted by Gasteiger charge is -2.31. The van der Waals surface area contributed by atoms with Crippen molar-refractivity contribution in [1.82, 2.24) is 10.2 Å². The van der Waals surface area contributed by atoms with Crippen LogP contribution in [0.25, 0.3) is 0 Å². The molecule has 0 fully saturated rings. The van der Waals surface area contributed by atoms with Crippen LogP contribution in [-0.4, -0.2) is 35.4 Å². The first kappa shape index (κ1) is 20.9. The minimum Gasteiger partial charge on any atom is -0.322 e. The zero-order valence-corrected chi connectivity index (χ0v) is 16.3. The molecule has 0 spiro atoms. The van der Waals surface area contributed by atoms with Gasteiger partial charge in [-0.05, 0) is 37.1 Å². The quantitative estimate of drug-likeness (QED) is 0.803. The van der Waals surface area contributed by atoms with Crippen LogP contribution in [0.3, 0.4) is 0 Å². The van der Waals surface area contributed by atoms with Crippen LogP contribution in [0.5, 0.6) is 0 Å². The number of hydrazine groups is 1. The average Bonchev–Trinajstić information content (AvgIpc) is 2.99. The van der Waals surface area contributed by atoms with Crippen molar-refractivity contribution in [2.24, 2.45) is 0 Å². The molecule has 0 saturated carbocycles. The van der Waals surface area contributed by atoms with E-state index in [1.807, 2.05) is 32.0 Å². The van der Waals surface area contributed by atoms with E-state index in [-0.39, 0.29) is 6.61 Å². The van der Waals surface area contributed by atoms with E-state index in [1.165, 1.54) is 7.05 Å². The lowest BCUT2D eigenvalue weighted by atomic mass is 10.1. The van der Waals surface area contributed by atoms with E-state index < -0.39 is 23.7 Å². The second-order valence-corrected chi connectivity index (χ2v) is 6.93. The Labute approximate surface area is 167 Å². The molecule has 1 N–H and O–H groups in total. The van der Waals surface area contributed by atoms with Gasteiger partial charge in [-0.15, -0.1) is 0 Å². The minimum atomic E-state index is -4.70. The molecule has 0 saturated heterocycles. The number of carbonyl (C=O) groups excluding carboxylic acids is 1. The molecule has 2 aromatic rings. The Morgan fingerprint density at radius 2 is 1.83 bits per heavy atom. The third-order valence-corrected chi connectivity index (χ3v) is 4.61. The fourth-order valence-corrected chi connectivity index (χ4v) is 3.15. The number of hydrogen-bond acceptors (Lipinski definition) is 4. The van der Waals surface area contributed by atoms with Gasteiger partial charge in [-0.3, -0.25) is 14.6 Å². The number of para-hydroxylation sites is 1. The number of hydroxylamine groups is 1. The highest BCUT2D eigenvalue weighted by Gasteiger charge is 2.53. The molecular formula is C21H22F3N3O2. The molecule has 1 aliphatic heterocycles. The molecule has 1 heterocycles. The van der Waals surface area contributed by atoms with Gasteiger partial charge in [-0.1, -0.05) is 47.1 Å². The molecule has 154 valence electrons. The fourth-order valence-electron chi connectivity index (χ4n) is 3.15. The van der Waals surface area contributed by atoms with Crippen molar-refractivity contribution in [2.45, 2.75) is 32.7 Å². The summed E-state index contributed by atoms with van der Waals surface area (Å²) in [6, 6.07) is 11.8. The first-order valence-corrected chi connectivity index (χ1v) is 9.02. The summed E-state index contributed by atoms with van der Waals surface area (Å²) in [5.41, 5.74) is 2.72. The van der Waals surface area contributed by atoms with E-state index in [2.05, 4.69) is 5.32 Å². The first-order valence-electron chi connectivity index (χ1n) is 9.02. The first-order chi connectivity index (χ1) is 13.7. The topological polar surface area (TPSA) is 44.8 Å². The molecule has 8 heteroatoms. The Hall–Kier alpha value is -2.84. The Kier molecular flexibility index (Phi) is 5.95. The molecule has 1 amide bonds. The van der Waals surface area contributed by atoms with Crippen molar-refractivity contribution in [1.29, 1.82) is 0 Å². The second-order valence-electron chi connectivity index (χ2n) is 6.93. The molecule has 0 radical (unpaired) electrons. The lowest BCUT2D eigenvalue weighted by molar-refractivity contribution is -0.324. The van der Waals surface area contributed by atoms with E-state index in [9.17, 15) is 18.0 Å². The van der Waals surface area contributed by atoms with Gasteiger partial charge >= 0.3 is 6.18 Å². The molecule has 1 aliphatic rings. The summed E-state index contributed by atoms with van der Waals surface area (Å²) in [5, 5.41) is 4.33. The number of aryl methyl sites for hydroxylation is 2. The van der Waals surface area contributed by atoms with Crippen LogP contribution in [0.1, 0.15) is 16.7 Å². The SMILES string of the molecule is Cc1ccc(CON2C(C(F)(F)F)C(C(=O)Nc3ccccc3)=CN2C)c(C)c1. The van der Waals surface area contributed by atoms with Gasteiger partial charge in [0.1, 0.15) is 0 Å². The van der Waals surface area contributed by atoms with Crippen LogP contribution in [-0.2, 0) is 16.2 Å². The van der Waals surface area contributed by atoms with Crippen LogP contribution >= 0.6 is 0 Å². The van der Waals surface area contributed by atoms with Gasteiger partial charge in [-0.2, -0.15) is 13.2 Å². The standard InChI is InChI=1S/C21H22F3N3O2/c1-14-9-10-16(15(2)11-14)13-29-27-19(21(22,23)24)18(12-26(27)3)20(28)25-17-7-5-4-6-8-17/h4-12,19H,13H2,1-3H3,(H,25,28). The molecule has 3 rings (SSSR count). The normalized spacial score (nSPS) is 17.4. The summed E-state index contributed by atoms with van der Waals surface area (Å²) in [4.78, 5) is 18.0. The summed E-state index contributed by atoms with van der Waals surface area (Å²) in [6.07, 6.45) is -3.56. The average molecular weight is 405 g/mol. The molecule has 0 aliphatic carbocycles. The highest BCUT2D eigenvalue weighted by Crippen LogP contribution is 2.36. The number of alkyl halides is 3. The Morgan fingerprint density at radius 1 is 1.14 bits per heavy atom. The second kappa shape index (κ2) is 8.26. The van der Waals surface area contributed by atoms with Crippen LogP contribution in [0.2, 0.25) is 0 Å². The minimum absolute atomic E-state index is 0.0511. The number of amides is 1. The van der Waals surface area contributed by atoms with Gasteiger partial charge in [0.25, 0.3) is 5.91 Å². The smallest absolute Gasteiger partial charge is 0.322 e. The number of rotatable bonds is 5. The summed E-state index contributed by atoms with van der Waals surface area (Å²) < 4.78 is 41.5. The van der Waals surface area contributed by atoms with Gasteiger partial charge in [0.05, 0.1) is 12.2 Å². The Bertz CT molecular complexity index is 913. The molecule has 5 nitrogen and oxygen atoms in total. The zero-order chi connectivity index (χ0) is 21.2. The molecule has 1 atom stereocenters. The van der Waals surface area contributed by atoms with Crippen molar-refractivity contribution in [2.75, 3.05) is 12.4 Å². The summed E-state index contributed by atoms with van der Waals surface area (Å²) in [6.45, 7) is 3.76. The molecule has 29 heavy (non-hydrogen) atoms. The van der Waals surface area contributed by atoms with Gasteiger partial charge < -0.3 is 5.32 Å². The number of nitrogens with zero attached hydrogens (tertiary/aromatic N) is 2. The van der Waals surface area contributed by atoms with Crippen molar-refractivity contribution < 1.29 is 22.8 Å². The van der Waals surface area contributed by atoms with E-state index in [0.717, 1.165) is 27.9 Å². The number of anilines is 1. The number of benzene rings is 2. The molecule has 0 bridgehead atoms. The van der Waals surface area contributed by atoms with Crippen LogP contribution in [0.4, 0.5) is 18.9 Å². The van der Waals surface area contributed by atoms with Crippen LogP contribution in [0, 0.1) is 13.8 Å². The van der Waals surface area contributed by atoms with Gasteiger partial charge in [0, 0.05) is 18.9 Å². The third-order valence-electron chi connectivity index (χ3n) is 4.61. The largest absolute Gasteiger partial charge is 0.412 e. The Balaban J connectivity index is 1.78. The predicted molar refractivity (Wildman–Crippen MR) is 103 cm³/mol. The maximum absolute atomic E-state index is 13.8. The van der Waals surface area contributed by atoms with E-state index in [4.69, 9.17) is 4.84 Å². The maximum atomic E-state index is 13.8. The number of carbonyl (C=O) groups is 1. The van der Waals surface area contributed by atoms with Crippen molar-refractivity contribution in [3.8, 4) is 0 Å². The van der Waals surface area contributed by atoms with E-state index in [0.29, 0.717) is 10.9 Å². The zero-order valence-electron chi connectivity index (χ0n) is 16.3. The number of nitrogens with one attached hydrogen (secondary N) is 1. The highest BCUT2D eigenvalue weighted by atomic mass is 19.4. The highest BCUT2D eigenvalue weighted by molar-refractivity contribution is 6.04. The van der Waals surface area contributed by atoms with Crippen molar-refractivity contribution >= 4 is 11.6 Å². The van der Waals surface area contributed by atoms with Crippen molar-refractivity contribution in [3.63, 3.8) is 0 Å². The van der Waals surface area contributed by atoms with Gasteiger partial charge in [0.15, 0.2) is 6.04 Å². The number of halogens is 3.